The van der Waals surface area contributed by atoms with Gasteiger partial charge in [-0.25, -0.2) is 8.42 Å². The van der Waals surface area contributed by atoms with E-state index in [1.165, 1.54) is 0 Å². The maximum Gasteiger partial charge on any atom is 0.225 e. The summed E-state index contributed by atoms with van der Waals surface area (Å²) in [7, 11) is -1.01. The van der Waals surface area contributed by atoms with Gasteiger partial charge in [0.2, 0.25) is 5.91 Å². The zero-order valence-electron chi connectivity index (χ0n) is 16.3. The average molecular weight is 429 g/mol. The number of ether oxygens (including phenoxy) is 1. The fourth-order valence-electron chi connectivity index (χ4n) is 4.02. The van der Waals surface area contributed by atoms with Gasteiger partial charge < -0.3 is 9.64 Å². The summed E-state index contributed by atoms with van der Waals surface area (Å²) in [5.41, 5.74) is 0. The zero-order valence-corrected chi connectivity index (χ0v) is 17.9. The van der Waals surface area contributed by atoms with E-state index in [1.54, 1.807) is 17.0 Å². The lowest BCUT2D eigenvalue weighted by atomic mass is 9.94. The molecule has 1 unspecified atom stereocenters. The number of halogens is 1. The second kappa shape index (κ2) is 9.46. The molecule has 2 aliphatic rings. The van der Waals surface area contributed by atoms with Crippen LogP contribution in [0.1, 0.15) is 25.7 Å². The van der Waals surface area contributed by atoms with Crippen LogP contribution in [-0.2, 0) is 14.6 Å². The lowest BCUT2D eigenvalue weighted by molar-refractivity contribution is -0.136. The van der Waals surface area contributed by atoms with Crippen LogP contribution in [0.15, 0.2) is 24.3 Å². The number of likely N-dealkylation sites (tertiary alicyclic amines) is 1. The predicted octanol–water partition coefficient (Wildman–Crippen LogP) is 2.47. The molecule has 0 spiro atoms. The van der Waals surface area contributed by atoms with E-state index < -0.39 is 9.84 Å². The van der Waals surface area contributed by atoms with E-state index in [1.807, 2.05) is 19.2 Å². The van der Waals surface area contributed by atoms with Gasteiger partial charge in [-0.3, -0.25) is 9.69 Å². The fraction of sp³-hybridized carbons (Fsp3) is 0.650. The van der Waals surface area contributed by atoms with Crippen LogP contribution in [0.4, 0.5) is 0 Å². The lowest BCUT2D eigenvalue weighted by Crippen LogP contribution is -2.45. The van der Waals surface area contributed by atoms with Gasteiger partial charge in [0.25, 0.3) is 0 Å². The van der Waals surface area contributed by atoms with Crippen molar-refractivity contribution in [2.45, 2.75) is 31.7 Å². The van der Waals surface area contributed by atoms with Crippen LogP contribution >= 0.6 is 11.6 Å². The molecule has 28 heavy (non-hydrogen) atoms. The normalized spacial score (nSPS) is 22.9. The average Bonchev–Trinajstić information content (AvgIpc) is 3.06. The number of piperidine rings is 1. The molecule has 1 aromatic rings. The maximum absolute atomic E-state index is 12.7. The summed E-state index contributed by atoms with van der Waals surface area (Å²) >= 11 is 5.85. The molecule has 2 heterocycles. The summed E-state index contributed by atoms with van der Waals surface area (Å²) < 4.78 is 29.0. The largest absolute Gasteiger partial charge is 0.494 e. The topological polar surface area (TPSA) is 66.9 Å². The van der Waals surface area contributed by atoms with Crippen molar-refractivity contribution in [1.82, 2.24) is 9.80 Å². The van der Waals surface area contributed by atoms with E-state index in [2.05, 4.69) is 4.90 Å². The van der Waals surface area contributed by atoms with E-state index in [9.17, 15) is 13.2 Å². The Labute approximate surface area is 172 Å². The monoisotopic (exact) mass is 428 g/mol. The first-order valence-electron chi connectivity index (χ1n) is 9.92. The number of hydrogen-bond donors (Lipinski definition) is 0. The molecule has 8 heteroatoms. The molecule has 1 atom stereocenters. The van der Waals surface area contributed by atoms with Gasteiger partial charge in [-0.15, -0.1) is 0 Å². The number of amides is 1. The molecule has 156 valence electrons. The molecule has 0 radical (unpaired) electrons. The quantitative estimate of drug-likeness (QED) is 0.624. The first-order chi connectivity index (χ1) is 13.3. The van der Waals surface area contributed by atoms with Crippen LogP contribution in [0, 0.1) is 5.92 Å². The highest BCUT2D eigenvalue weighted by Gasteiger charge is 2.35. The predicted molar refractivity (Wildman–Crippen MR) is 111 cm³/mol. The molecule has 1 amide bonds. The highest BCUT2D eigenvalue weighted by molar-refractivity contribution is 7.91. The Morgan fingerprint density at radius 3 is 2.50 bits per heavy atom. The van der Waals surface area contributed by atoms with Crippen molar-refractivity contribution < 1.29 is 17.9 Å². The van der Waals surface area contributed by atoms with Gasteiger partial charge in [0.15, 0.2) is 9.84 Å². The third-order valence-corrected chi connectivity index (χ3v) is 7.70. The van der Waals surface area contributed by atoms with Crippen LogP contribution in [0.5, 0.6) is 5.75 Å². The molecule has 0 aromatic heterocycles. The van der Waals surface area contributed by atoms with Gasteiger partial charge in [0, 0.05) is 30.6 Å². The Bertz CT molecular complexity index is 761. The Kier molecular flexibility index (Phi) is 7.23. The summed E-state index contributed by atoms with van der Waals surface area (Å²) in [4.78, 5) is 16.7. The van der Waals surface area contributed by atoms with Crippen molar-refractivity contribution in [2.75, 3.05) is 44.8 Å². The number of nitrogens with zero attached hydrogens (tertiary/aromatic N) is 2. The third kappa shape index (κ3) is 5.84. The first-order valence-corrected chi connectivity index (χ1v) is 12.1. The molecule has 3 rings (SSSR count). The highest BCUT2D eigenvalue weighted by atomic mass is 35.5. The zero-order chi connectivity index (χ0) is 20.1. The summed E-state index contributed by atoms with van der Waals surface area (Å²) in [5.74, 6) is 1.58. The minimum Gasteiger partial charge on any atom is -0.494 e. The van der Waals surface area contributed by atoms with Crippen LogP contribution in [0.2, 0.25) is 5.02 Å². The molecule has 0 saturated carbocycles. The Balaban J connectivity index is 1.35. The van der Waals surface area contributed by atoms with Gasteiger partial charge in [-0.05, 0) is 63.0 Å². The minimum atomic E-state index is -2.86. The summed E-state index contributed by atoms with van der Waals surface area (Å²) in [5, 5.41) is 0.679. The Morgan fingerprint density at radius 2 is 1.89 bits per heavy atom. The first kappa shape index (κ1) is 21.4. The minimum absolute atomic E-state index is 0.0384. The fourth-order valence-corrected chi connectivity index (χ4v) is 5.91. The van der Waals surface area contributed by atoms with Gasteiger partial charge in [0.05, 0.1) is 18.1 Å². The number of carbonyl (C=O) groups excluding carboxylic acids is 1. The van der Waals surface area contributed by atoms with E-state index >= 15 is 0 Å². The van der Waals surface area contributed by atoms with E-state index in [0.29, 0.717) is 23.9 Å². The van der Waals surface area contributed by atoms with Crippen LogP contribution in [-0.4, -0.2) is 75.0 Å². The number of carbonyl (C=O) groups is 1. The molecule has 2 aliphatic heterocycles. The molecule has 2 fully saturated rings. The van der Waals surface area contributed by atoms with Crippen molar-refractivity contribution in [2.24, 2.45) is 5.92 Å². The van der Waals surface area contributed by atoms with Gasteiger partial charge in [0.1, 0.15) is 5.75 Å². The summed E-state index contributed by atoms with van der Waals surface area (Å²) in [6.07, 6.45) is 3.11. The molecule has 6 nitrogen and oxygen atoms in total. The number of rotatable bonds is 7. The van der Waals surface area contributed by atoms with E-state index in [0.717, 1.165) is 44.5 Å². The standard InChI is InChI=1S/C20H29ClN2O4S/c1-22(10-2-13-27-19-5-3-17(21)4-6-19)20(24)16-7-11-23(12-8-16)18-9-14-28(25,26)15-18/h3-6,16,18H,2,7-15H2,1H3. The van der Waals surface area contributed by atoms with Crippen LogP contribution in [0.3, 0.4) is 0 Å². The van der Waals surface area contributed by atoms with Crippen LogP contribution < -0.4 is 4.74 Å². The SMILES string of the molecule is CN(CCCOc1ccc(Cl)cc1)C(=O)C1CCN(C2CCS(=O)(=O)C2)CC1. The Hall–Kier alpha value is -1.31. The van der Waals surface area contributed by atoms with Gasteiger partial charge >= 0.3 is 0 Å². The van der Waals surface area contributed by atoms with E-state index in [-0.39, 0.29) is 23.6 Å². The molecule has 0 aliphatic carbocycles. The molecule has 1 aromatic carbocycles. The third-order valence-electron chi connectivity index (χ3n) is 5.70. The van der Waals surface area contributed by atoms with Gasteiger partial charge in [-0.2, -0.15) is 0 Å². The maximum atomic E-state index is 12.7. The van der Waals surface area contributed by atoms with Crippen molar-refractivity contribution in [3.8, 4) is 5.75 Å². The smallest absolute Gasteiger partial charge is 0.225 e. The second-order valence-corrected chi connectivity index (χ2v) is 10.4. The van der Waals surface area contributed by atoms with Gasteiger partial charge in [-0.1, -0.05) is 11.6 Å². The molecule has 0 N–H and O–H groups in total. The van der Waals surface area contributed by atoms with Crippen molar-refractivity contribution >= 4 is 27.3 Å². The highest BCUT2D eigenvalue weighted by Crippen LogP contribution is 2.25. The summed E-state index contributed by atoms with van der Waals surface area (Å²) in [6, 6.07) is 7.39. The van der Waals surface area contributed by atoms with E-state index in [4.69, 9.17) is 16.3 Å². The lowest BCUT2D eigenvalue weighted by Gasteiger charge is -2.36. The van der Waals surface area contributed by atoms with Crippen LogP contribution in [0.25, 0.3) is 0 Å². The second-order valence-electron chi connectivity index (χ2n) is 7.78. The molecule has 0 bridgehead atoms. The van der Waals surface area contributed by atoms with Crippen molar-refractivity contribution in [3.63, 3.8) is 0 Å². The van der Waals surface area contributed by atoms with Crippen molar-refractivity contribution in [1.29, 1.82) is 0 Å². The number of hydrogen-bond acceptors (Lipinski definition) is 5. The molecular weight excluding hydrogens is 400 g/mol. The number of benzene rings is 1. The summed E-state index contributed by atoms with van der Waals surface area (Å²) in [6.45, 7) is 2.83. The molecular formula is C20H29ClN2O4S. The Morgan fingerprint density at radius 1 is 1.21 bits per heavy atom. The number of sulfone groups is 1. The van der Waals surface area contributed by atoms with Crippen molar-refractivity contribution in [3.05, 3.63) is 29.3 Å². The molecule has 2 saturated heterocycles.